The Morgan fingerprint density at radius 3 is 2.54 bits per heavy atom. The summed E-state index contributed by atoms with van der Waals surface area (Å²) in [6.07, 6.45) is 1.27. The summed E-state index contributed by atoms with van der Waals surface area (Å²) in [5.41, 5.74) is 2.03. The van der Waals surface area contributed by atoms with Gasteiger partial charge in [-0.1, -0.05) is 0 Å². The molecule has 1 N–H and O–H groups in total. The van der Waals surface area contributed by atoms with Gasteiger partial charge in [-0.25, -0.2) is 14.8 Å². The molecule has 0 bridgehead atoms. The van der Waals surface area contributed by atoms with Crippen LogP contribution in [-0.2, 0) is 4.74 Å². The molecule has 1 fully saturated rings. The number of nitrogens with zero attached hydrogens (tertiary/aromatic N) is 4. The van der Waals surface area contributed by atoms with Crippen LogP contribution in [0, 0.1) is 9.49 Å². The van der Waals surface area contributed by atoms with Gasteiger partial charge in [-0.2, -0.15) is 0 Å². The average Bonchev–Trinajstić information content (AvgIpc) is 3.26. The summed E-state index contributed by atoms with van der Waals surface area (Å²) < 4.78 is 11.7. The van der Waals surface area contributed by atoms with Crippen molar-refractivity contribution in [3.63, 3.8) is 0 Å². The predicted octanol–water partition coefficient (Wildman–Crippen LogP) is 3.70. The number of benzene rings is 1. The number of nitrogens with one attached hydrogen (secondary N) is 1. The summed E-state index contributed by atoms with van der Waals surface area (Å²) in [6, 6.07) is 5.17. The maximum atomic E-state index is 13.1. The molecule has 182 valence electrons. The molecule has 10 nitrogen and oxygen atoms in total. The predicted molar refractivity (Wildman–Crippen MR) is 135 cm³/mol. The molecular weight excluding hydrogens is 565 g/mol. The fourth-order valence-electron chi connectivity index (χ4n) is 4.29. The smallest absolute Gasteiger partial charge is 0.410 e. The van der Waals surface area contributed by atoms with Crippen LogP contribution in [0.15, 0.2) is 24.4 Å². The minimum absolute atomic E-state index is 0.0134. The molecule has 0 saturated carbocycles. The number of H-pyrrole nitrogens is 1. The quantitative estimate of drug-likeness (QED) is 0.364. The Bertz CT molecular complexity index is 1320. The molecule has 0 unspecified atom stereocenters. The van der Waals surface area contributed by atoms with E-state index in [0.717, 1.165) is 3.57 Å². The molecular formula is C24H24IN5O5. The summed E-state index contributed by atoms with van der Waals surface area (Å²) in [6.45, 7) is 6.58. The van der Waals surface area contributed by atoms with Gasteiger partial charge in [-0.05, 0) is 61.6 Å². The van der Waals surface area contributed by atoms with Crippen molar-refractivity contribution in [1.29, 1.82) is 0 Å². The van der Waals surface area contributed by atoms with E-state index in [2.05, 4.69) is 37.5 Å². The van der Waals surface area contributed by atoms with E-state index in [1.54, 1.807) is 30.3 Å². The summed E-state index contributed by atoms with van der Waals surface area (Å²) in [4.78, 5) is 53.3. The van der Waals surface area contributed by atoms with Gasteiger partial charge < -0.3 is 19.4 Å². The molecule has 0 aliphatic carbocycles. The topological polar surface area (TPSA) is 118 Å². The minimum Gasteiger partial charge on any atom is -0.480 e. The summed E-state index contributed by atoms with van der Waals surface area (Å²) in [7, 11) is 1.54. The Labute approximate surface area is 215 Å². The SMILES string of the molecule is COc1nccc(I)c1-c1nc2cc3c(cc2[nH]1)C(=O)N(CC1CN(C(=O)OC(C)(C)C)C1)C3=O. The van der Waals surface area contributed by atoms with Crippen molar-refractivity contribution < 1.29 is 23.9 Å². The molecule has 35 heavy (non-hydrogen) atoms. The lowest BCUT2D eigenvalue weighted by Crippen LogP contribution is -2.55. The average molecular weight is 589 g/mol. The van der Waals surface area contributed by atoms with Crippen molar-refractivity contribution in [2.45, 2.75) is 26.4 Å². The van der Waals surface area contributed by atoms with Crippen LogP contribution in [0.5, 0.6) is 5.88 Å². The molecule has 2 aromatic heterocycles. The molecule has 4 heterocycles. The summed E-state index contributed by atoms with van der Waals surface area (Å²) >= 11 is 2.18. The number of hydrogen-bond acceptors (Lipinski definition) is 7. The van der Waals surface area contributed by atoms with Crippen LogP contribution in [0.3, 0.4) is 0 Å². The number of fused-ring (bicyclic) bond motifs is 2. The lowest BCUT2D eigenvalue weighted by atomic mass is 10.0. The highest BCUT2D eigenvalue weighted by molar-refractivity contribution is 14.1. The van der Waals surface area contributed by atoms with Gasteiger partial charge in [-0.15, -0.1) is 0 Å². The Hall–Kier alpha value is -3.22. The number of aromatic amines is 1. The zero-order valence-corrected chi connectivity index (χ0v) is 21.9. The van der Waals surface area contributed by atoms with Crippen LogP contribution in [-0.4, -0.2) is 75.0 Å². The van der Waals surface area contributed by atoms with Gasteiger partial charge in [0, 0.05) is 35.3 Å². The fraction of sp³-hybridized carbons (Fsp3) is 0.375. The van der Waals surface area contributed by atoms with Crippen molar-refractivity contribution >= 4 is 51.5 Å². The molecule has 0 spiro atoms. The fourth-order valence-corrected chi connectivity index (χ4v) is 4.93. The molecule has 1 aromatic carbocycles. The number of amides is 3. The van der Waals surface area contributed by atoms with E-state index >= 15 is 0 Å². The third-order valence-corrected chi connectivity index (χ3v) is 6.82. The number of methoxy groups -OCH3 is 1. The van der Waals surface area contributed by atoms with Crippen LogP contribution in [0.2, 0.25) is 0 Å². The third kappa shape index (κ3) is 4.21. The molecule has 1 saturated heterocycles. The zero-order valence-electron chi connectivity index (χ0n) is 19.7. The lowest BCUT2D eigenvalue weighted by Gasteiger charge is -2.40. The maximum Gasteiger partial charge on any atom is 0.410 e. The van der Waals surface area contributed by atoms with E-state index in [1.807, 2.05) is 26.8 Å². The number of likely N-dealkylation sites (tertiary alicyclic amines) is 1. The van der Waals surface area contributed by atoms with Gasteiger partial charge in [-0.3, -0.25) is 14.5 Å². The van der Waals surface area contributed by atoms with Crippen LogP contribution >= 0.6 is 22.6 Å². The third-order valence-electron chi connectivity index (χ3n) is 5.92. The van der Waals surface area contributed by atoms with Crippen LogP contribution in [0.25, 0.3) is 22.4 Å². The number of halogens is 1. The number of hydrogen-bond donors (Lipinski definition) is 1. The molecule has 5 rings (SSSR count). The first-order chi connectivity index (χ1) is 16.6. The van der Waals surface area contributed by atoms with E-state index in [4.69, 9.17) is 9.47 Å². The number of ether oxygens (including phenoxy) is 2. The summed E-state index contributed by atoms with van der Waals surface area (Å²) in [5.74, 6) is 0.307. The normalized spacial score (nSPS) is 16.0. The number of aromatic nitrogens is 3. The van der Waals surface area contributed by atoms with E-state index in [0.29, 0.717) is 52.5 Å². The second-order valence-corrected chi connectivity index (χ2v) is 10.8. The van der Waals surface area contributed by atoms with Crippen LogP contribution in [0.4, 0.5) is 4.79 Å². The lowest BCUT2D eigenvalue weighted by molar-refractivity contribution is -0.00439. The van der Waals surface area contributed by atoms with E-state index in [9.17, 15) is 14.4 Å². The first-order valence-electron chi connectivity index (χ1n) is 11.1. The first kappa shape index (κ1) is 23.5. The van der Waals surface area contributed by atoms with Crippen LogP contribution in [0.1, 0.15) is 41.5 Å². The number of carbonyl (C=O) groups is 3. The monoisotopic (exact) mass is 589 g/mol. The van der Waals surface area contributed by atoms with Gasteiger partial charge >= 0.3 is 6.09 Å². The van der Waals surface area contributed by atoms with Gasteiger partial charge in [0.05, 0.1) is 34.8 Å². The molecule has 2 aliphatic rings. The highest BCUT2D eigenvalue weighted by atomic mass is 127. The molecule has 2 aliphatic heterocycles. The van der Waals surface area contributed by atoms with Crippen molar-refractivity contribution in [3.05, 3.63) is 39.1 Å². The largest absolute Gasteiger partial charge is 0.480 e. The Balaban J connectivity index is 1.34. The number of imidazole rings is 1. The Morgan fingerprint density at radius 1 is 1.20 bits per heavy atom. The van der Waals surface area contributed by atoms with Gasteiger partial charge in [0.15, 0.2) is 0 Å². The summed E-state index contributed by atoms with van der Waals surface area (Å²) in [5, 5.41) is 0. The molecule has 11 heteroatoms. The van der Waals surface area contributed by atoms with Crippen LogP contribution < -0.4 is 4.74 Å². The second kappa shape index (κ2) is 8.47. The highest BCUT2D eigenvalue weighted by Crippen LogP contribution is 2.34. The Kier molecular flexibility index (Phi) is 5.69. The first-order valence-corrected chi connectivity index (χ1v) is 12.2. The van der Waals surface area contributed by atoms with Crippen molar-refractivity contribution in [3.8, 4) is 17.3 Å². The van der Waals surface area contributed by atoms with E-state index in [-0.39, 0.29) is 30.4 Å². The molecule has 0 radical (unpaired) electrons. The standard InChI is InChI=1S/C24H24IN5O5/c1-24(2,3)35-23(33)29-9-12(10-29)11-30-21(31)13-7-16-17(8-14(13)22(30)32)28-19(27-16)18-15(25)5-6-26-20(18)34-4/h5-8,12H,9-11H2,1-4H3,(H,27,28). The number of rotatable bonds is 4. The number of carbonyl (C=O) groups excluding carboxylic acids is 3. The van der Waals surface area contributed by atoms with E-state index in [1.165, 1.54) is 4.90 Å². The Morgan fingerprint density at radius 2 is 1.89 bits per heavy atom. The molecule has 3 amide bonds. The minimum atomic E-state index is -0.568. The van der Waals surface area contributed by atoms with Crippen molar-refractivity contribution in [1.82, 2.24) is 24.8 Å². The zero-order chi connectivity index (χ0) is 25.1. The number of pyridine rings is 1. The molecule has 3 aromatic rings. The van der Waals surface area contributed by atoms with Crippen molar-refractivity contribution in [2.24, 2.45) is 5.92 Å². The van der Waals surface area contributed by atoms with E-state index < -0.39 is 5.60 Å². The van der Waals surface area contributed by atoms with Gasteiger partial charge in [0.2, 0.25) is 5.88 Å². The second-order valence-electron chi connectivity index (χ2n) is 9.65. The number of imide groups is 1. The van der Waals surface area contributed by atoms with Gasteiger partial charge in [0.25, 0.3) is 11.8 Å². The highest BCUT2D eigenvalue weighted by Gasteiger charge is 2.41. The maximum absolute atomic E-state index is 13.1. The van der Waals surface area contributed by atoms with Crippen molar-refractivity contribution in [2.75, 3.05) is 26.7 Å². The van der Waals surface area contributed by atoms with Gasteiger partial charge in [0.1, 0.15) is 11.4 Å². The molecule has 0 atom stereocenters.